The number of hydrogen-bond acceptors (Lipinski definition) is 5. The second-order valence-corrected chi connectivity index (χ2v) is 7.81. The van der Waals surface area contributed by atoms with Crippen LogP contribution in [-0.4, -0.2) is 64.5 Å². The van der Waals surface area contributed by atoms with Gasteiger partial charge in [0.05, 0.1) is 24.1 Å². The number of nitrogens with one attached hydrogen (secondary N) is 3. The molecule has 152 valence electrons. The van der Waals surface area contributed by atoms with Gasteiger partial charge in [-0.1, -0.05) is 11.6 Å². The summed E-state index contributed by atoms with van der Waals surface area (Å²) < 4.78 is 0. The molecule has 10 heteroatoms. The van der Waals surface area contributed by atoms with Crippen LogP contribution in [0.15, 0.2) is 24.3 Å². The average Bonchev–Trinajstić information content (AvgIpc) is 2.99. The van der Waals surface area contributed by atoms with Gasteiger partial charge in [0.2, 0.25) is 11.8 Å². The van der Waals surface area contributed by atoms with Crippen molar-refractivity contribution >= 4 is 46.4 Å². The first-order chi connectivity index (χ1) is 13.3. The average molecular weight is 427 g/mol. The van der Waals surface area contributed by atoms with Crippen LogP contribution < -0.4 is 20.9 Å². The number of aliphatic hydroxyl groups excluding tert-OH is 2. The zero-order valence-corrected chi connectivity index (χ0v) is 16.8. The second-order valence-electron chi connectivity index (χ2n) is 6.99. The summed E-state index contributed by atoms with van der Waals surface area (Å²) in [4.78, 5) is 25.6. The quantitative estimate of drug-likeness (QED) is 0.326. The number of thiocarbonyl (C=S) groups is 1. The molecule has 5 N–H and O–H groups in total. The molecular weight excluding hydrogens is 404 g/mol. The lowest BCUT2D eigenvalue weighted by Gasteiger charge is -2.41. The number of nitrogens with zero attached hydrogens (tertiary/aromatic N) is 1. The predicted octanol–water partition coefficient (Wildman–Crippen LogP) is -0.234. The van der Waals surface area contributed by atoms with Gasteiger partial charge in [-0.05, 0) is 42.9 Å². The lowest BCUT2D eigenvalue weighted by atomic mass is 9.77. The molecule has 1 aromatic rings. The van der Waals surface area contributed by atoms with Crippen LogP contribution in [0.2, 0.25) is 5.02 Å². The normalized spacial score (nSPS) is 29.1. The van der Waals surface area contributed by atoms with E-state index in [1.54, 1.807) is 29.2 Å². The summed E-state index contributed by atoms with van der Waals surface area (Å²) in [6, 6.07) is 5.99. The van der Waals surface area contributed by atoms with Gasteiger partial charge in [-0.15, -0.1) is 0 Å². The molecule has 2 amide bonds. The van der Waals surface area contributed by atoms with E-state index in [0.717, 1.165) is 5.69 Å². The highest BCUT2D eigenvalue weighted by Gasteiger charge is 2.53. The molecule has 0 spiro atoms. The molecule has 0 radical (unpaired) electrons. The SMILES string of the molecule is CC(=O)NCCNC(=O)C1CC(O)C(O)C2NC(=S)N(c3ccc(Cl)cc3)C12. The van der Waals surface area contributed by atoms with Gasteiger partial charge in [-0.25, -0.2) is 0 Å². The van der Waals surface area contributed by atoms with Gasteiger partial charge in [0.25, 0.3) is 0 Å². The molecule has 5 unspecified atom stereocenters. The van der Waals surface area contributed by atoms with Crippen LogP contribution in [0.4, 0.5) is 5.69 Å². The molecule has 2 fully saturated rings. The molecule has 28 heavy (non-hydrogen) atoms. The highest BCUT2D eigenvalue weighted by molar-refractivity contribution is 7.80. The first-order valence-corrected chi connectivity index (χ1v) is 9.82. The highest BCUT2D eigenvalue weighted by Crippen LogP contribution is 2.36. The summed E-state index contributed by atoms with van der Waals surface area (Å²) in [5.41, 5.74) is 0.744. The van der Waals surface area contributed by atoms with Crippen molar-refractivity contribution in [3.05, 3.63) is 29.3 Å². The first-order valence-electron chi connectivity index (χ1n) is 9.03. The number of amides is 2. The van der Waals surface area contributed by atoms with E-state index in [9.17, 15) is 19.8 Å². The number of rotatable bonds is 5. The fourth-order valence-corrected chi connectivity index (χ4v) is 4.29. The Morgan fingerprint density at radius 2 is 1.89 bits per heavy atom. The van der Waals surface area contributed by atoms with Gasteiger partial charge in [0.15, 0.2) is 5.11 Å². The van der Waals surface area contributed by atoms with Crippen molar-refractivity contribution in [3.8, 4) is 0 Å². The fourth-order valence-electron chi connectivity index (χ4n) is 3.80. The number of halogens is 1. The topological polar surface area (TPSA) is 114 Å². The molecule has 1 saturated heterocycles. The maximum atomic E-state index is 12.8. The minimum Gasteiger partial charge on any atom is -0.390 e. The molecule has 1 saturated carbocycles. The molecule has 1 heterocycles. The van der Waals surface area contributed by atoms with Crippen molar-refractivity contribution in [3.63, 3.8) is 0 Å². The van der Waals surface area contributed by atoms with E-state index in [4.69, 9.17) is 23.8 Å². The molecule has 0 aromatic heterocycles. The van der Waals surface area contributed by atoms with E-state index in [-0.39, 0.29) is 24.8 Å². The monoisotopic (exact) mass is 426 g/mol. The number of carbonyl (C=O) groups excluding carboxylic acids is 2. The third-order valence-electron chi connectivity index (χ3n) is 5.08. The van der Waals surface area contributed by atoms with Crippen LogP contribution in [0.5, 0.6) is 0 Å². The third kappa shape index (κ3) is 4.22. The molecule has 5 atom stereocenters. The van der Waals surface area contributed by atoms with Crippen molar-refractivity contribution in [2.75, 3.05) is 18.0 Å². The molecule has 0 bridgehead atoms. The van der Waals surface area contributed by atoms with Crippen LogP contribution in [0.1, 0.15) is 13.3 Å². The van der Waals surface area contributed by atoms with Gasteiger partial charge in [-0.2, -0.15) is 0 Å². The van der Waals surface area contributed by atoms with Gasteiger partial charge >= 0.3 is 0 Å². The lowest BCUT2D eigenvalue weighted by molar-refractivity contribution is -0.131. The molecule has 8 nitrogen and oxygen atoms in total. The Morgan fingerprint density at radius 3 is 2.54 bits per heavy atom. The van der Waals surface area contributed by atoms with E-state index in [0.29, 0.717) is 16.7 Å². The molecule has 3 rings (SSSR count). The number of carbonyl (C=O) groups is 2. The standard InChI is InChI=1S/C18H23ClN4O4S/c1-9(24)20-6-7-21-17(27)12-8-13(25)16(26)14-15(12)23(18(28)22-14)11-4-2-10(19)3-5-11/h2-5,12-16,25-26H,6-8H2,1H3,(H,20,24)(H,21,27)(H,22,28). The zero-order valence-electron chi connectivity index (χ0n) is 15.3. The van der Waals surface area contributed by atoms with Crippen molar-refractivity contribution < 1.29 is 19.8 Å². The Labute approximate surface area is 173 Å². The van der Waals surface area contributed by atoms with Gasteiger partial charge in [-0.3, -0.25) is 9.59 Å². The van der Waals surface area contributed by atoms with Crippen molar-refractivity contribution in [1.29, 1.82) is 0 Å². The summed E-state index contributed by atoms with van der Waals surface area (Å²) in [5, 5.41) is 30.1. The Hall–Kier alpha value is -1.94. The summed E-state index contributed by atoms with van der Waals surface area (Å²) >= 11 is 11.4. The lowest BCUT2D eigenvalue weighted by Crippen LogP contribution is -2.61. The highest BCUT2D eigenvalue weighted by atomic mass is 35.5. The molecule has 1 aliphatic carbocycles. The van der Waals surface area contributed by atoms with Crippen molar-refractivity contribution in [2.24, 2.45) is 5.92 Å². The first kappa shape index (κ1) is 20.8. The summed E-state index contributed by atoms with van der Waals surface area (Å²) in [7, 11) is 0. The van der Waals surface area contributed by atoms with Gasteiger partial charge < -0.3 is 31.1 Å². The number of aliphatic hydroxyl groups is 2. The van der Waals surface area contributed by atoms with Crippen LogP contribution in [0, 0.1) is 5.92 Å². The maximum Gasteiger partial charge on any atom is 0.225 e. The van der Waals surface area contributed by atoms with E-state index in [1.165, 1.54) is 6.92 Å². The summed E-state index contributed by atoms with van der Waals surface area (Å²) in [5.74, 6) is -1.05. The number of fused-ring (bicyclic) bond motifs is 1. The van der Waals surface area contributed by atoms with E-state index >= 15 is 0 Å². The largest absolute Gasteiger partial charge is 0.390 e. The third-order valence-corrected chi connectivity index (χ3v) is 5.65. The van der Waals surface area contributed by atoms with Crippen LogP contribution in [0.25, 0.3) is 0 Å². The Bertz CT molecular complexity index is 762. The van der Waals surface area contributed by atoms with Crippen LogP contribution in [0.3, 0.4) is 0 Å². The number of benzene rings is 1. The summed E-state index contributed by atoms with van der Waals surface area (Å²) in [6.07, 6.45) is -2.00. The summed E-state index contributed by atoms with van der Waals surface area (Å²) in [6.45, 7) is 1.98. The van der Waals surface area contributed by atoms with Crippen molar-refractivity contribution in [1.82, 2.24) is 16.0 Å². The van der Waals surface area contributed by atoms with E-state index in [1.807, 2.05) is 0 Å². The molecular formula is C18H23ClN4O4S. The Balaban J connectivity index is 1.82. The molecule has 2 aliphatic rings. The van der Waals surface area contributed by atoms with Gasteiger partial charge in [0, 0.05) is 30.7 Å². The van der Waals surface area contributed by atoms with Crippen LogP contribution >= 0.6 is 23.8 Å². The van der Waals surface area contributed by atoms with E-state index in [2.05, 4.69) is 16.0 Å². The van der Waals surface area contributed by atoms with Crippen molar-refractivity contribution in [2.45, 2.75) is 37.6 Å². The molecule has 1 aliphatic heterocycles. The minimum absolute atomic E-state index is 0.0999. The predicted molar refractivity (Wildman–Crippen MR) is 109 cm³/mol. The smallest absolute Gasteiger partial charge is 0.225 e. The maximum absolute atomic E-state index is 12.8. The number of hydrogen-bond donors (Lipinski definition) is 5. The second kappa shape index (κ2) is 8.60. The Morgan fingerprint density at radius 1 is 1.25 bits per heavy atom. The Kier molecular flexibility index (Phi) is 6.39. The fraction of sp³-hybridized carbons (Fsp3) is 0.500. The minimum atomic E-state index is -1.05. The zero-order chi connectivity index (χ0) is 20.4. The van der Waals surface area contributed by atoms with Crippen LogP contribution in [-0.2, 0) is 9.59 Å². The number of anilines is 1. The molecule has 1 aromatic carbocycles. The van der Waals surface area contributed by atoms with E-state index < -0.39 is 30.2 Å². The van der Waals surface area contributed by atoms with Gasteiger partial charge in [0.1, 0.15) is 6.10 Å².